The molecule has 0 saturated heterocycles. The molecule has 3 aromatic rings. The molecule has 31 heavy (non-hydrogen) atoms. The second-order valence-corrected chi connectivity index (χ2v) is 10.6. The lowest BCUT2D eigenvalue weighted by molar-refractivity contribution is -0.155. The Kier molecular flexibility index (Phi) is 5.70. The van der Waals surface area contributed by atoms with E-state index in [9.17, 15) is 4.79 Å². The molecule has 0 bridgehead atoms. The van der Waals surface area contributed by atoms with E-state index in [-0.39, 0.29) is 24.5 Å². The third kappa shape index (κ3) is 4.27. The summed E-state index contributed by atoms with van der Waals surface area (Å²) in [5.41, 5.74) is 2.94. The Labute approximate surface area is 191 Å². The van der Waals surface area contributed by atoms with Gasteiger partial charge in [-0.15, -0.1) is 21.5 Å². The van der Waals surface area contributed by atoms with Crippen molar-refractivity contribution in [3.63, 3.8) is 0 Å². The molecule has 0 radical (unpaired) electrons. The highest BCUT2D eigenvalue weighted by Gasteiger charge is 2.36. The van der Waals surface area contributed by atoms with Crippen molar-refractivity contribution in [1.29, 1.82) is 0 Å². The van der Waals surface area contributed by atoms with Crippen LogP contribution in [0.4, 0.5) is 0 Å². The molecule has 4 rings (SSSR count). The standard InChI is InChI=1S/C23H27ClN4O2S/c1-12-13(2)31-22-19(12)20(15-7-9-16(24)10-8-15)25-17(11-18(29)30-23(4,5)6)21-27-26-14(3)28(21)22/h7-10,17,20,25H,11H2,1-6H3. The Hall–Kier alpha value is -2.22. The summed E-state index contributed by atoms with van der Waals surface area (Å²) in [6.07, 6.45) is 0.159. The predicted molar refractivity (Wildman–Crippen MR) is 123 cm³/mol. The molecule has 0 amide bonds. The summed E-state index contributed by atoms with van der Waals surface area (Å²) in [4.78, 5) is 14.0. The summed E-state index contributed by atoms with van der Waals surface area (Å²) < 4.78 is 7.69. The number of nitrogens with one attached hydrogen (secondary N) is 1. The molecule has 164 valence electrons. The van der Waals surface area contributed by atoms with Gasteiger partial charge in [0.2, 0.25) is 0 Å². The summed E-state index contributed by atoms with van der Waals surface area (Å²) in [7, 11) is 0. The average molecular weight is 459 g/mol. The Morgan fingerprint density at radius 1 is 1.19 bits per heavy atom. The molecular weight excluding hydrogens is 432 g/mol. The number of ether oxygens (including phenoxy) is 1. The first kappa shape index (κ1) is 22.0. The summed E-state index contributed by atoms with van der Waals surface area (Å²) in [6, 6.07) is 7.37. The highest BCUT2D eigenvalue weighted by Crippen LogP contribution is 2.43. The summed E-state index contributed by atoms with van der Waals surface area (Å²) in [5.74, 6) is 1.25. The largest absolute Gasteiger partial charge is 0.460 e. The number of fused-ring (bicyclic) bond motifs is 3. The van der Waals surface area contributed by atoms with E-state index in [0.29, 0.717) is 5.02 Å². The maximum Gasteiger partial charge on any atom is 0.308 e. The lowest BCUT2D eigenvalue weighted by Gasteiger charge is -2.25. The van der Waals surface area contributed by atoms with Gasteiger partial charge >= 0.3 is 5.97 Å². The van der Waals surface area contributed by atoms with E-state index in [2.05, 4.69) is 33.9 Å². The van der Waals surface area contributed by atoms with Crippen LogP contribution in [0.3, 0.4) is 0 Å². The Morgan fingerprint density at radius 3 is 2.52 bits per heavy atom. The van der Waals surface area contributed by atoms with Crippen LogP contribution in [-0.4, -0.2) is 26.3 Å². The van der Waals surface area contributed by atoms with Crippen molar-refractivity contribution >= 4 is 28.9 Å². The quantitative estimate of drug-likeness (QED) is 0.534. The highest BCUT2D eigenvalue weighted by molar-refractivity contribution is 7.14. The number of hydrogen-bond acceptors (Lipinski definition) is 6. The molecule has 0 saturated carbocycles. The van der Waals surface area contributed by atoms with Crippen LogP contribution in [0.15, 0.2) is 24.3 Å². The third-order valence-corrected chi connectivity index (χ3v) is 6.89. The molecule has 3 heterocycles. The fourth-order valence-corrected chi connectivity index (χ4v) is 5.34. The maximum atomic E-state index is 12.7. The van der Waals surface area contributed by atoms with Gasteiger partial charge in [0.05, 0.1) is 18.5 Å². The first-order chi connectivity index (χ1) is 14.5. The van der Waals surface area contributed by atoms with Gasteiger partial charge in [-0.3, -0.25) is 14.7 Å². The van der Waals surface area contributed by atoms with Gasteiger partial charge in [0.15, 0.2) is 5.82 Å². The Bertz CT molecular complexity index is 1130. The van der Waals surface area contributed by atoms with E-state index >= 15 is 0 Å². The van der Waals surface area contributed by atoms with Crippen LogP contribution in [0.25, 0.3) is 5.00 Å². The van der Waals surface area contributed by atoms with Crippen molar-refractivity contribution in [3.8, 4) is 5.00 Å². The van der Waals surface area contributed by atoms with Gasteiger partial charge in [-0.05, 0) is 64.8 Å². The van der Waals surface area contributed by atoms with Gasteiger partial charge < -0.3 is 4.74 Å². The number of aryl methyl sites for hydroxylation is 2. The molecule has 8 heteroatoms. The van der Waals surface area contributed by atoms with E-state index in [0.717, 1.165) is 22.2 Å². The van der Waals surface area contributed by atoms with Gasteiger partial charge in [-0.25, -0.2) is 0 Å². The van der Waals surface area contributed by atoms with Crippen molar-refractivity contribution in [2.45, 2.75) is 65.6 Å². The van der Waals surface area contributed by atoms with Crippen molar-refractivity contribution < 1.29 is 9.53 Å². The Morgan fingerprint density at radius 2 is 1.87 bits per heavy atom. The van der Waals surface area contributed by atoms with Crippen LogP contribution in [-0.2, 0) is 9.53 Å². The van der Waals surface area contributed by atoms with E-state index in [1.54, 1.807) is 11.3 Å². The summed E-state index contributed by atoms with van der Waals surface area (Å²) >= 11 is 7.88. The molecule has 0 aliphatic carbocycles. The van der Waals surface area contributed by atoms with Crippen molar-refractivity contribution in [3.05, 3.63) is 62.5 Å². The number of hydrogen-bond donors (Lipinski definition) is 1. The highest BCUT2D eigenvalue weighted by atomic mass is 35.5. The van der Waals surface area contributed by atoms with Crippen LogP contribution in [0, 0.1) is 20.8 Å². The third-order valence-electron chi connectivity index (χ3n) is 5.43. The molecule has 2 aromatic heterocycles. The minimum absolute atomic E-state index is 0.120. The minimum atomic E-state index is -0.548. The summed E-state index contributed by atoms with van der Waals surface area (Å²) in [5, 5.41) is 14.3. The number of aromatic nitrogens is 3. The van der Waals surface area contributed by atoms with Crippen molar-refractivity contribution in [1.82, 2.24) is 20.1 Å². The van der Waals surface area contributed by atoms with Crippen LogP contribution >= 0.6 is 22.9 Å². The monoisotopic (exact) mass is 458 g/mol. The van der Waals surface area contributed by atoms with Gasteiger partial charge in [0, 0.05) is 15.5 Å². The van der Waals surface area contributed by atoms with Crippen LogP contribution in [0.5, 0.6) is 0 Å². The van der Waals surface area contributed by atoms with E-state index in [1.807, 2.05) is 52.0 Å². The van der Waals surface area contributed by atoms with E-state index in [1.165, 1.54) is 16.0 Å². The predicted octanol–water partition coefficient (Wildman–Crippen LogP) is 5.37. The molecule has 6 nitrogen and oxygen atoms in total. The Balaban J connectivity index is 1.84. The fraction of sp³-hybridized carbons (Fsp3) is 0.435. The fourth-order valence-electron chi connectivity index (χ4n) is 3.97. The molecule has 1 aliphatic heterocycles. The van der Waals surface area contributed by atoms with E-state index in [4.69, 9.17) is 16.3 Å². The second kappa shape index (κ2) is 8.04. The SMILES string of the molecule is Cc1sc2c(c1C)C(c1ccc(Cl)cc1)NC(CC(=O)OC(C)(C)C)c1nnc(C)n1-2. The smallest absolute Gasteiger partial charge is 0.308 e. The average Bonchev–Trinajstić information content (AvgIpc) is 3.14. The number of halogens is 1. The summed E-state index contributed by atoms with van der Waals surface area (Å²) in [6.45, 7) is 11.8. The topological polar surface area (TPSA) is 69.0 Å². The van der Waals surface area contributed by atoms with Gasteiger partial charge in [-0.1, -0.05) is 23.7 Å². The zero-order chi connectivity index (χ0) is 22.5. The normalized spacial score (nSPS) is 18.3. The molecule has 2 unspecified atom stereocenters. The molecule has 1 aromatic carbocycles. The zero-order valence-electron chi connectivity index (χ0n) is 18.6. The number of thiophene rings is 1. The van der Waals surface area contributed by atoms with Gasteiger partial charge in [0.25, 0.3) is 0 Å². The molecule has 0 spiro atoms. The van der Waals surface area contributed by atoms with Crippen LogP contribution in [0.1, 0.15) is 72.5 Å². The maximum absolute atomic E-state index is 12.7. The lowest BCUT2D eigenvalue weighted by Crippen LogP contribution is -2.32. The van der Waals surface area contributed by atoms with Crippen molar-refractivity contribution in [2.75, 3.05) is 0 Å². The number of nitrogens with zero attached hydrogens (tertiary/aromatic N) is 3. The molecule has 1 aliphatic rings. The first-order valence-electron chi connectivity index (χ1n) is 10.3. The molecule has 2 atom stereocenters. The first-order valence-corrected chi connectivity index (χ1v) is 11.5. The van der Waals surface area contributed by atoms with E-state index < -0.39 is 5.60 Å². The van der Waals surface area contributed by atoms with Crippen LogP contribution in [0.2, 0.25) is 5.02 Å². The van der Waals surface area contributed by atoms with Gasteiger partial charge in [-0.2, -0.15) is 0 Å². The molecule has 0 fully saturated rings. The zero-order valence-corrected chi connectivity index (χ0v) is 20.2. The van der Waals surface area contributed by atoms with Gasteiger partial charge in [0.1, 0.15) is 16.4 Å². The lowest BCUT2D eigenvalue weighted by atomic mass is 9.96. The number of benzene rings is 1. The van der Waals surface area contributed by atoms with Crippen LogP contribution < -0.4 is 5.32 Å². The number of esters is 1. The second-order valence-electron chi connectivity index (χ2n) is 8.94. The number of carbonyl (C=O) groups is 1. The number of carbonyl (C=O) groups excluding carboxylic acids is 1. The molecule has 1 N–H and O–H groups in total. The molecular formula is C23H27ClN4O2S. The number of rotatable bonds is 3. The van der Waals surface area contributed by atoms with Crippen molar-refractivity contribution in [2.24, 2.45) is 0 Å². The minimum Gasteiger partial charge on any atom is -0.460 e.